The van der Waals surface area contributed by atoms with Crippen molar-refractivity contribution < 1.29 is 4.79 Å². The number of nitrogens with zero attached hydrogens (tertiary/aromatic N) is 4. The van der Waals surface area contributed by atoms with Gasteiger partial charge in [-0.2, -0.15) is 5.10 Å². The van der Waals surface area contributed by atoms with E-state index in [-0.39, 0.29) is 5.91 Å². The number of benzene rings is 2. The molecule has 0 spiro atoms. The number of H-pyrrole nitrogens is 1. The van der Waals surface area contributed by atoms with Crippen LogP contribution < -0.4 is 5.32 Å². The Labute approximate surface area is 163 Å². The Kier molecular flexibility index (Phi) is 4.90. The minimum absolute atomic E-state index is 0.148. The maximum Gasteiger partial charge on any atom is 0.256 e. The highest BCUT2D eigenvalue weighted by Crippen LogP contribution is 2.14. The summed E-state index contributed by atoms with van der Waals surface area (Å²) < 4.78 is 1.63. The molecule has 7 nitrogen and oxygen atoms in total. The first kappa shape index (κ1) is 17.9. The lowest BCUT2D eigenvalue weighted by Crippen LogP contribution is -2.19. The van der Waals surface area contributed by atoms with Crippen molar-refractivity contribution in [2.24, 2.45) is 7.05 Å². The van der Waals surface area contributed by atoms with Crippen LogP contribution in [0.2, 0.25) is 0 Å². The number of rotatable bonds is 6. The van der Waals surface area contributed by atoms with Crippen molar-refractivity contribution in [3.05, 3.63) is 77.7 Å². The number of fused-ring (bicyclic) bond motifs is 1. The highest BCUT2D eigenvalue weighted by Gasteiger charge is 2.11. The summed E-state index contributed by atoms with van der Waals surface area (Å²) >= 11 is 0. The van der Waals surface area contributed by atoms with E-state index in [4.69, 9.17) is 0 Å². The largest absolute Gasteiger partial charge is 0.341 e. The molecule has 2 aromatic heterocycles. The number of amides is 1. The standard InChI is InChI=1S/C21H22N6O/c1-26(14-19-23-17-8-3-4-9-18(17)24-19)13-15-6-5-7-16(12-15)21(28)25-20-10-11-22-27(20)2/h3-12H,13-14H2,1-2H3,(H,23,24)(H,25,28). The zero-order valence-electron chi connectivity index (χ0n) is 15.9. The van der Waals surface area contributed by atoms with Crippen LogP contribution in [0, 0.1) is 0 Å². The van der Waals surface area contributed by atoms with Crippen LogP contribution >= 0.6 is 0 Å². The molecule has 0 radical (unpaired) electrons. The maximum absolute atomic E-state index is 12.5. The van der Waals surface area contributed by atoms with Crippen molar-refractivity contribution >= 4 is 22.8 Å². The number of aryl methyl sites for hydroxylation is 1. The van der Waals surface area contributed by atoms with E-state index in [1.54, 1.807) is 24.0 Å². The predicted molar refractivity (Wildman–Crippen MR) is 109 cm³/mol. The van der Waals surface area contributed by atoms with Crippen molar-refractivity contribution in [3.8, 4) is 0 Å². The molecular weight excluding hydrogens is 352 g/mol. The number of hydrogen-bond acceptors (Lipinski definition) is 4. The summed E-state index contributed by atoms with van der Waals surface area (Å²) in [4.78, 5) is 22.6. The molecule has 0 unspecified atom stereocenters. The quantitative estimate of drug-likeness (QED) is 0.543. The number of nitrogens with one attached hydrogen (secondary N) is 2. The summed E-state index contributed by atoms with van der Waals surface area (Å²) in [6.45, 7) is 1.41. The van der Waals surface area contributed by atoms with E-state index in [1.165, 1.54) is 0 Å². The lowest BCUT2D eigenvalue weighted by molar-refractivity contribution is 0.102. The van der Waals surface area contributed by atoms with Crippen molar-refractivity contribution in [2.75, 3.05) is 12.4 Å². The third-order valence-corrected chi connectivity index (χ3v) is 4.56. The maximum atomic E-state index is 12.5. The van der Waals surface area contributed by atoms with Gasteiger partial charge in [-0.25, -0.2) is 4.98 Å². The molecule has 0 fully saturated rings. The molecule has 7 heteroatoms. The number of hydrogen-bond donors (Lipinski definition) is 2. The predicted octanol–water partition coefficient (Wildman–Crippen LogP) is 3.18. The molecule has 0 aliphatic carbocycles. The SMILES string of the molecule is CN(Cc1cccc(C(=O)Nc2ccnn2C)c1)Cc1nc2ccccc2[nH]1. The van der Waals surface area contributed by atoms with Crippen molar-refractivity contribution in [1.29, 1.82) is 0 Å². The van der Waals surface area contributed by atoms with Gasteiger partial charge in [-0.3, -0.25) is 14.4 Å². The second-order valence-electron chi connectivity index (χ2n) is 6.87. The van der Waals surface area contributed by atoms with Crippen LogP contribution in [0.15, 0.2) is 60.8 Å². The van der Waals surface area contributed by atoms with Gasteiger partial charge in [-0.1, -0.05) is 24.3 Å². The van der Waals surface area contributed by atoms with Crippen LogP contribution in [-0.2, 0) is 20.1 Å². The van der Waals surface area contributed by atoms with Gasteiger partial charge in [0.25, 0.3) is 5.91 Å². The summed E-state index contributed by atoms with van der Waals surface area (Å²) in [6.07, 6.45) is 1.65. The summed E-state index contributed by atoms with van der Waals surface area (Å²) in [5.41, 5.74) is 3.70. The van der Waals surface area contributed by atoms with Crippen molar-refractivity contribution in [3.63, 3.8) is 0 Å². The smallest absolute Gasteiger partial charge is 0.256 e. The molecule has 1 amide bonds. The van der Waals surface area contributed by atoms with E-state index >= 15 is 0 Å². The Morgan fingerprint density at radius 1 is 1.14 bits per heavy atom. The van der Waals surface area contributed by atoms with Gasteiger partial charge in [-0.05, 0) is 36.9 Å². The normalized spacial score (nSPS) is 11.2. The molecule has 4 aromatic rings. The number of aromatic nitrogens is 4. The van der Waals surface area contributed by atoms with E-state index in [0.717, 1.165) is 22.4 Å². The van der Waals surface area contributed by atoms with Crippen LogP contribution in [-0.4, -0.2) is 37.6 Å². The van der Waals surface area contributed by atoms with Crippen LogP contribution in [0.4, 0.5) is 5.82 Å². The monoisotopic (exact) mass is 374 g/mol. The van der Waals surface area contributed by atoms with E-state index < -0.39 is 0 Å². The van der Waals surface area contributed by atoms with Crippen LogP contribution in [0.3, 0.4) is 0 Å². The van der Waals surface area contributed by atoms with Gasteiger partial charge in [0.15, 0.2) is 0 Å². The Hall–Kier alpha value is -3.45. The molecular formula is C21H22N6O. The Bertz CT molecular complexity index is 1080. The van der Waals surface area contributed by atoms with Crippen LogP contribution in [0.1, 0.15) is 21.7 Å². The molecule has 28 heavy (non-hydrogen) atoms. The van der Waals surface area contributed by atoms with Gasteiger partial charge in [0.05, 0.1) is 23.8 Å². The molecule has 2 heterocycles. The number of aromatic amines is 1. The first-order chi connectivity index (χ1) is 13.6. The summed E-state index contributed by atoms with van der Waals surface area (Å²) in [7, 11) is 3.83. The van der Waals surface area contributed by atoms with E-state index in [1.807, 2.05) is 55.6 Å². The lowest BCUT2D eigenvalue weighted by Gasteiger charge is -2.15. The first-order valence-electron chi connectivity index (χ1n) is 9.09. The summed E-state index contributed by atoms with van der Waals surface area (Å²) in [5.74, 6) is 1.44. The molecule has 0 aliphatic rings. The zero-order valence-corrected chi connectivity index (χ0v) is 15.9. The van der Waals surface area contributed by atoms with Crippen molar-refractivity contribution in [1.82, 2.24) is 24.6 Å². The second kappa shape index (κ2) is 7.66. The van der Waals surface area contributed by atoms with E-state index in [2.05, 4.69) is 25.3 Å². The van der Waals surface area contributed by atoms with E-state index in [9.17, 15) is 4.79 Å². The first-order valence-corrected chi connectivity index (χ1v) is 9.09. The molecule has 2 N–H and O–H groups in total. The second-order valence-corrected chi connectivity index (χ2v) is 6.87. The number of carbonyl (C=O) groups is 1. The number of para-hydroxylation sites is 2. The fraction of sp³-hybridized carbons (Fsp3) is 0.190. The number of carbonyl (C=O) groups excluding carboxylic acids is 1. The average molecular weight is 374 g/mol. The molecule has 0 saturated heterocycles. The molecule has 142 valence electrons. The van der Waals surface area contributed by atoms with Gasteiger partial charge < -0.3 is 10.3 Å². The van der Waals surface area contributed by atoms with Crippen molar-refractivity contribution in [2.45, 2.75) is 13.1 Å². The van der Waals surface area contributed by atoms with E-state index in [0.29, 0.717) is 24.5 Å². The topological polar surface area (TPSA) is 78.8 Å². The molecule has 4 rings (SSSR count). The van der Waals surface area contributed by atoms with Gasteiger partial charge >= 0.3 is 0 Å². The summed E-state index contributed by atoms with van der Waals surface area (Å²) in [5, 5.41) is 6.94. The molecule has 2 aromatic carbocycles. The fourth-order valence-electron chi connectivity index (χ4n) is 3.20. The molecule has 0 saturated carbocycles. The number of anilines is 1. The average Bonchev–Trinajstić information content (AvgIpc) is 3.27. The van der Waals surface area contributed by atoms with Gasteiger partial charge in [0.1, 0.15) is 11.6 Å². The Balaban J connectivity index is 1.42. The zero-order chi connectivity index (χ0) is 19.5. The number of imidazole rings is 1. The Morgan fingerprint density at radius 3 is 2.79 bits per heavy atom. The minimum Gasteiger partial charge on any atom is -0.341 e. The van der Waals surface area contributed by atoms with Gasteiger partial charge in [0, 0.05) is 25.2 Å². The lowest BCUT2D eigenvalue weighted by atomic mass is 10.1. The minimum atomic E-state index is -0.148. The van der Waals surface area contributed by atoms with Crippen LogP contribution in [0.25, 0.3) is 11.0 Å². The molecule has 0 atom stereocenters. The molecule has 0 bridgehead atoms. The highest BCUT2D eigenvalue weighted by molar-refractivity contribution is 6.03. The third kappa shape index (κ3) is 3.94. The van der Waals surface area contributed by atoms with Gasteiger partial charge in [0.2, 0.25) is 0 Å². The van der Waals surface area contributed by atoms with Gasteiger partial charge in [-0.15, -0.1) is 0 Å². The Morgan fingerprint density at radius 2 is 2.00 bits per heavy atom. The summed E-state index contributed by atoms with van der Waals surface area (Å²) in [6, 6.07) is 17.4. The third-order valence-electron chi connectivity index (χ3n) is 4.56. The highest BCUT2D eigenvalue weighted by atomic mass is 16.1. The van der Waals surface area contributed by atoms with Crippen LogP contribution in [0.5, 0.6) is 0 Å². The fourth-order valence-corrected chi connectivity index (χ4v) is 3.20. The molecule has 0 aliphatic heterocycles.